The summed E-state index contributed by atoms with van der Waals surface area (Å²) in [6.45, 7) is 7.45. The van der Waals surface area contributed by atoms with Crippen LogP contribution >= 0.6 is 11.8 Å². The number of rotatable bonds is 4. The van der Waals surface area contributed by atoms with Crippen LogP contribution in [0.5, 0.6) is 11.5 Å². The Kier molecular flexibility index (Phi) is 5.33. The molecule has 162 valence electrons. The lowest BCUT2D eigenvalue weighted by molar-refractivity contribution is -0.118. The summed E-state index contributed by atoms with van der Waals surface area (Å²) in [6.07, 6.45) is 1.60. The number of hydrogen-bond donors (Lipinski definition) is 2. The smallest absolute Gasteiger partial charge is 0.286 e. The SMILES string of the molecule is Cc1c(C)c2c(c(C)c1O)CC[C@@](C)(C(=O)c1ccc(CC3SC(=O)NC3=O)cc1)O2. The van der Waals surface area contributed by atoms with Gasteiger partial charge in [0, 0.05) is 11.1 Å². The number of benzene rings is 2. The molecule has 0 radical (unpaired) electrons. The number of hydrogen-bond acceptors (Lipinski definition) is 6. The Hall–Kier alpha value is -2.80. The molecule has 6 nitrogen and oxygen atoms in total. The summed E-state index contributed by atoms with van der Waals surface area (Å²) in [4.78, 5) is 36.5. The number of thioether (sulfide) groups is 1. The van der Waals surface area contributed by atoms with E-state index in [0.29, 0.717) is 36.3 Å². The first kappa shape index (κ1) is 21.4. The molecule has 2 aromatic rings. The Balaban J connectivity index is 1.55. The minimum atomic E-state index is -0.997. The minimum absolute atomic E-state index is 0.101. The number of amides is 2. The second-order valence-electron chi connectivity index (χ2n) is 8.48. The van der Waals surface area contributed by atoms with Gasteiger partial charge >= 0.3 is 0 Å². The van der Waals surface area contributed by atoms with E-state index in [9.17, 15) is 19.5 Å². The van der Waals surface area contributed by atoms with E-state index < -0.39 is 10.9 Å². The second kappa shape index (κ2) is 7.71. The monoisotopic (exact) mass is 439 g/mol. The minimum Gasteiger partial charge on any atom is -0.507 e. The van der Waals surface area contributed by atoms with E-state index in [0.717, 1.165) is 39.6 Å². The van der Waals surface area contributed by atoms with Crippen molar-refractivity contribution in [1.82, 2.24) is 5.32 Å². The van der Waals surface area contributed by atoms with E-state index in [1.165, 1.54) is 0 Å². The van der Waals surface area contributed by atoms with Gasteiger partial charge in [-0.25, -0.2) is 0 Å². The van der Waals surface area contributed by atoms with Crippen molar-refractivity contribution in [3.63, 3.8) is 0 Å². The van der Waals surface area contributed by atoms with Crippen LogP contribution in [0.3, 0.4) is 0 Å². The van der Waals surface area contributed by atoms with Gasteiger partial charge in [0.1, 0.15) is 11.5 Å². The summed E-state index contributed by atoms with van der Waals surface area (Å²) in [7, 11) is 0. The molecule has 1 fully saturated rings. The zero-order chi connectivity index (χ0) is 22.5. The first-order valence-electron chi connectivity index (χ1n) is 10.3. The quantitative estimate of drug-likeness (QED) is 0.695. The fourth-order valence-corrected chi connectivity index (χ4v) is 5.11. The van der Waals surface area contributed by atoms with Gasteiger partial charge in [-0.15, -0.1) is 0 Å². The number of Topliss-reactive ketones (excluding diaryl/α,β-unsaturated/α-hetero) is 1. The number of ether oxygens (including phenoxy) is 1. The van der Waals surface area contributed by atoms with Gasteiger partial charge in [-0.3, -0.25) is 19.7 Å². The number of phenols is 1. The molecular formula is C24H25NO5S. The molecule has 7 heteroatoms. The van der Waals surface area contributed by atoms with Gasteiger partial charge in [-0.05, 0) is 69.2 Å². The van der Waals surface area contributed by atoms with Crippen LogP contribution in [-0.2, 0) is 17.6 Å². The molecule has 1 saturated heterocycles. The van der Waals surface area contributed by atoms with Crippen LogP contribution in [0.4, 0.5) is 4.79 Å². The maximum absolute atomic E-state index is 13.3. The molecule has 0 spiro atoms. The number of carbonyl (C=O) groups excluding carboxylic acids is 3. The average molecular weight is 440 g/mol. The van der Waals surface area contributed by atoms with Crippen LogP contribution in [0.15, 0.2) is 24.3 Å². The third-order valence-electron chi connectivity index (χ3n) is 6.40. The molecule has 4 rings (SSSR count). The summed E-state index contributed by atoms with van der Waals surface area (Å²) in [5.41, 5.74) is 3.82. The fraction of sp³-hybridized carbons (Fsp3) is 0.375. The Morgan fingerprint density at radius 2 is 1.84 bits per heavy atom. The van der Waals surface area contributed by atoms with Crippen molar-refractivity contribution in [3.05, 3.63) is 57.6 Å². The highest BCUT2D eigenvalue weighted by atomic mass is 32.2. The highest BCUT2D eigenvalue weighted by molar-refractivity contribution is 8.15. The number of ketones is 1. The zero-order valence-corrected chi connectivity index (χ0v) is 18.8. The molecule has 0 saturated carbocycles. The zero-order valence-electron chi connectivity index (χ0n) is 18.0. The topological polar surface area (TPSA) is 92.7 Å². The van der Waals surface area contributed by atoms with E-state index in [4.69, 9.17) is 4.74 Å². The van der Waals surface area contributed by atoms with Crippen molar-refractivity contribution in [1.29, 1.82) is 0 Å². The van der Waals surface area contributed by atoms with E-state index in [1.54, 1.807) is 12.1 Å². The average Bonchev–Trinajstić information content (AvgIpc) is 3.07. The molecule has 0 bridgehead atoms. The highest BCUT2D eigenvalue weighted by Crippen LogP contribution is 2.44. The first-order valence-corrected chi connectivity index (χ1v) is 11.1. The molecule has 2 heterocycles. The Labute approximate surface area is 185 Å². The lowest BCUT2D eigenvalue weighted by atomic mass is 9.83. The maximum Gasteiger partial charge on any atom is 0.286 e. The normalized spacial score (nSPS) is 22.6. The molecule has 1 unspecified atom stereocenters. The maximum atomic E-state index is 13.3. The summed E-state index contributed by atoms with van der Waals surface area (Å²) in [5, 5.41) is 11.9. The summed E-state index contributed by atoms with van der Waals surface area (Å²) in [6, 6.07) is 7.14. The van der Waals surface area contributed by atoms with Gasteiger partial charge < -0.3 is 9.84 Å². The Morgan fingerprint density at radius 1 is 1.16 bits per heavy atom. The van der Waals surface area contributed by atoms with Crippen molar-refractivity contribution in [3.8, 4) is 11.5 Å². The molecule has 2 N–H and O–H groups in total. The molecule has 0 aromatic heterocycles. The molecule has 2 aliphatic rings. The Morgan fingerprint density at radius 3 is 2.45 bits per heavy atom. The number of nitrogens with one attached hydrogen (secondary N) is 1. The molecule has 0 aliphatic carbocycles. The standard InChI is InChI=1S/C24H25NO5S/c1-12-13(2)20-17(14(3)19(12)26)9-10-24(4,30-20)21(27)16-7-5-15(6-8-16)11-18-22(28)25-23(29)31-18/h5-8,18,26H,9-11H2,1-4H3,(H,25,28,29)/t18?,24-/m0/s1. The van der Waals surface area contributed by atoms with Crippen molar-refractivity contribution < 1.29 is 24.2 Å². The number of aromatic hydroxyl groups is 1. The van der Waals surface area contributed by atoms with Crippen molar-refractivity contribution in [2.45, 2.75) is 57.8 Å². The molecular weight excluding hydrogens is 414 g/mol. The lowest BCUT2D eigenvalue weighted by Crippen LogP contribution is -2.44. The van der Waals surface area contributed by atoms with Gasteiger partial charge in [0.15, 0.2) is 5.60 Å². The van der Waals surface area contributed by atoms with Crippen LogP contribution < -0.4 is 10.1 Å². The summed E-state index contributed by atoms with van der Waals surface area (Å²) >= 11 is 0.995. The van der Waals surface area contributed by atoms with Gasteiger partial charge in [0.2, 0.25) is 11.7 Å². The second-order valence-corrected chi connectivity index (χ2v) is 9.65. The van der Waals surface area contributed by atoms with Crippen molar-refractivity contribution in [2.24, 2.45) is 0 Å². The van der Waals surface area contributed by atoms with Gasteiger partial charge in [0.05, 0.1) is 5.25 Å². The third-order valence-corrected chi connectivity index (χ3v) is 7.39. The number of carbonyl (C=O) groups is 3. The van der Waals surface area contributed by atoms with Crippen LogP contribution in [-0.4, -0.2) is 32.9 Å². The van der Waals surface area contributed by atoms with Gasteiger partial charge in [0.25, 0.3) is 5.24 Å². The van der Waals surface area contributed by atoms with Crippen LogP contribution in [0, 0.1) is 20.8 Å². The van der Waals surface area contributed by atoms with Crippen LogP contribution in [0.1, 0.15) is 51.5 Å². The molecule has 2 aliphatic heterocycles. The van der Waals surface area contributed by atoms with E-state index >= 15 is 0 Å². The lowest BCUT2D eigenvalue weighted by Gasteiger charge is -2.36. The number of phenolic OH excluding ortho intramolecular Hbond substituents is 1. The van der Waals surface area contributed by atoms with E-state index in [-0.39, 0.29) is 16.9 Å². The third kappa shape index (κ3) is 3.71. The molecule has 2 amide bonds. The van der Waals surface area contributed by atoms with E-state index in [1.807, 2.05) is 39.8 Å². The number of fused-ring (bicyclic) bond motifs is 1. The molecule has 31 heavy (non-hydrogen) atoms. The van der Waals surface area contributed by atoms with Crippen LogP contribution in [0.25, 0.3) is 0 Å². The summed E-state index contributed by atoms with van der Waals surface area (Å²) < 4.78 is 6.29. The largest absolute Gasteiger partial charge is 0.507 e. The van der Waals surface area contributed by atoms with E-state index in [2.05, 4.69) is 5.32 Å². The summed E-state index contributed by atoms with van der Waals surface area (Å²) in [5.74, 6) is 0.612. The van der Waals surface area contributed by atoms with Gasteiger partial charge in [-0.2, -0.15) is 0 Å². The predicted molar refractivity (Wildman–Crippen MR) is 119 cm³/mol. The Bertz CT molecular complexity index is 1110. The molecule has 2 aromatic carbocycles. The highest BCUT2D eigenvalue weighted by Gasteiger charge is 2.41. The fourth-order valence-electron chi connectivity index (χ4n) is 4.25. The van der Waals surface area contributed by atoms with Gasteiger partial charge in [-0.1, -0.05) is 36.0 Å². The molecule has 2 atom stereocenters. The van der Waals surface area contributed by atoms with Crippen molar-refractivity contribution in [2.75, 3.05) is 0 Å². The van der Waals surface area contributed by atoms with Crippen LogP contribution in [0.2, 0.25) is 0 Å². The number of imide groups is 1. The van der Waals surface area contributed by atoms with Crippen molar-refractivity contribution >= 4 is 28.7 Å². The first-order chi connectivity index (χ1) is 14.6. The predicted octanol–water partition coefficient (Wildman–Crippen LogP) is 4.18.